The van der Waals surface area contributed by atoms with Gasteiger partial charge in [-0.15, -0.1) is 0 Å². The van der Waals surface area contributed by atoms with Crippen LogP contribution in [0.2, 0.25) is 0 Å². The third-order valence-corrected chi connectivity index (χ3v) is 6.39. The number of hydrogen-bond donors (Lipinski definition) is 1. The molecule has 0 saturated carbocycles. The van der Waals surface area contributed by atoms with Crippen molar-refractivity contribution in [2.45, 2.75) is 45.6 Å². The Morgan fingerprint density at radius 2 is 1.73 bits per heavy atom. The number of benzene rings is 1. The van der Waals surface area contributed by atoms with E-state index in [2.05, 4.69) is 10.2 Å². The molecule has 2 amide bonds. The zero-order valence-corrected chi connectivity index (χ0v) is 17.6. The van der Waals surface area contributed by atoms with E-state index in [1.54, 1.807) is 6.07 Å². The van der Waals surface area contributed by atoms with Gasteiger partial charge in [-0.3, -0.25) is 19.3 Å². The molecule has 1 unspecified atom stereocenters. The second kappa shape index (κ2) is 8.60. The number of amides is 2. The van der Waals surface area contributed by atoms with Crippen LogP contribution in [-0.4, -0.2) is 59.6 Å². The molecule has 7 heteroatoms. The first-order valence-electron chi connectivity index (χ1n) is 10.8. The van der Waals surface area contributed by atoms with E-state index < -0.39 is 0 Å². The number of fused-ring (bicyclic) bond motifs is 1. The predicted octanol–water partition coefficient (Wildman–Crippen LogP) is 3.30. The molecule has 7 nitrogen and oxygen atoms in total. The van der Waals surface area contributed by atoms with Gasteiger partial charge in [0.1, 0.15) is 5.58 Å². The maximum atomic E-state index is 13.0. The van der Waals surface area contributed by atoms with Crippen LogP contribution >= 0.6 is 0 Å². The van der Waals surface area contributed by atoms with Gasteiger partial charge in [-0.25, -0.2) is 0 Å². The van der Waals surface area contributed by atoms with Gasteiger partial charge in [0.25, 0.3) is 0 Å². The Bertz CT molecular complexity index is 953. The van der Waals surface area contributed by atoms with Crippen LogP contribution in [0.15, 0.2) is 28.7 Å². The third kappa shape index (κ3) is 3.99. The van der Waals surface area contributed by atoms with E-state index in [0.717, 1.165) is 44.2 Å². The molecule has 1 N–H and O–H groups in total. The quantitative estimate of drug-likeness (QED) is 0.764. The number of ketones is 1. The number of carbonyl (C=O) groups is 3. The average molecular weight is 412 g/mol. The molecule has 2 aliphatic heterocycles. The van der Waals surface area contributed by atoms with Crippen LogP contribution < -0.4 is 5.32 Å². The van der Waals surface area contributed by atoms with Crippen molar-refractivity contribution in [2.24, 2.45) is 5.92 Å². The highest BCUT2D eigenvalue weighted by molar-refractivity contribution is 6.11. The molecule has 160 valence electrons. The number of nitrogens with zero attached hydrogens (tertiary/aromatic N) is 2. The fourth-order valence-corrected chi connectivity index (χ4v) is 4.54. The zero-order chi connectivity index (χ0) is 21.3. The van der Waals surface area contributed by atoms with Crippen molar-refractivity contribution in [2.75, 3.05) is 31.5 Å². The smallest absolute Gasteiger partial charge is 0.241 e. The van der Waals surface area contributed by atoms with Crippen molar-refractivity contribution in [1.29, 1.82) is 0 Å². The molecule has 1 aromatic carbocycles. The second-order valence-electron chi connectivity index (χ2n) is 8.37. The minimum absolute atomic E-state index is 0.0664. The fourth-order valence-electron chi connectivity index (χ4n) is 4.54. The summed E-state index contributed by atoms with van der Waals surface area (Å²) in [4.78, 5) is 41.7. The summed E-state index contributed by atoms with van der Waals surface area (Å²) in [5.41, 5.74) is 1.01. The number of rotatable bonds is 5. The SMILES string of the molecule is CC(=O)c1oc2ccccc2c1NC(=O)C(C)N1CCC(C(=O)N2CCCC2)CC1. The number of anilines is 1. The van der Waals surface area contributed by atoms with Gasteiger partial charge in [0, 0.05) is 31.3 Å². The number of Topliss-reactive ketones (excluding diaryl/α,β-unsaturated/α-hetero) is 1. The van der Waals surface area contributed by atoms with Crippen LogP contribution in [-0.2, 0) is 9.59 Å². The van der Waals surface area contributed by atoms with E-state index in [1.807, 2.05) is 30.0 Å². The summed E-state index contributed by atoms with van der Waals surface area (Å²) < 4.78 is 5.66. The zero-order valence-electron chi connectivity index (χ0n) is 17.6. The van der Waals surface area contributed by atoms with E-state index in [-0.39, 0.29) is 35.3 Å². The Labute approximate surface area is 176 Å². The van der Waals surface area contributed by atoms with E-state index in [9.17, 15) is 14.4 Å². The topological polar surface area (TPSA) is 82.9 Å². The van der Waals surface area contributed by atoms with Crippen molar-refractivity contribution in [3.8, 4) is 0 Å². The minimum Gasteiger partial charge on any atom is -0.451 e. The molecule has 2 aliphatic rings. The average Bonchev–Trinajstić information content (AvgIpc) is 3.41. The van der Waals surface area contributed by atoms with Crippen LogP contribution in [0.5, 0.6) is 0 Å². The van der Waals surface area contributed by atoms with Gasteiger partial charge in [-0.05, 0) is 57.8 Å². The lowest BCUT2D eigenvalue weighted by atomic mass is 9.94. The summed E-state index contributed by atoms with van der Waals surface area (Å²) in [6.07, 6.45) is 3.76. The molecule has 2 saturated heterocycles. The van der Waals surface area contributed by atoms with Gasteiger partial charge in [-0.2, -0.15) is 0 Å². The second-order valence-corrected chi connectivity index (χ2v) is 8.37. The van der Waals surface area contributed by atoms with Crippen LogP contribution in [0, 0.1) is 5.92 Å². The van der Waals surface area contributed by atoms with Gasteiger partial charge in [0.2, 0.25) is 11.8 Å². The van der Waals surface area contributed by atoms with Crippen molar-refractivity contribution in [3.63, 3.8) is 0 Å². The van der Waals surface area contributed by atoms with Gasteiger partial charge in [0.15, 0.2) is 11.5 Å². The van der Waals surface area contributed by atoms with Gasteiger partial charge in [0.05, 0.1) is 11.7 Å². The first-order valence-corrected chi connectivity index (χ1v) is 10.8. The summed E-state index contributed by atoms with van der Waals surface area (Å²) in [6, 6.07) is 6.94. The van der Waals surface area contributed by atoms with Crippen molar-refractivity contribution < 1.29 is 18.8 Å². The molecule has 1 atom stereocenters. The van der Waals surface area contributed by atoms with E-state index in [1.165, 1.54) is 6.92 Å². The maximum absolute atomic E-state index is 13.0. The largest absolute Gasteiger partial charge is 0.451 e. The molecule has 3 heterocycles. The Hall–Kier alpha value is -2.67. The first-order chi connectivity index (χ1) is 14.5. The molecule has 2 fully saturated rings. The lowest BCUT2D eigenvalue weighted by Gasteiger charge is -2.35. The molecule has 0 spiro atoms. The third-order valence-electron chi connectivity index (χ3n) is 6.39. The highest BCUT2D eigenvalue weighted by Gasteiger charge is 2.33. The summed E-state index contributed by atoms with van der Waals surface area (Å²) >= 11 is 0. The number of likely N-dealkylation sites (tertiary alicyclic amines) is 2. The monoisotopic (exact) mass is 411 g/mol. The maximum Gasteiger partial charge on any atom is 0.241 e. The number of hydrogen-bond acceptors (Lipinski definition) is 5. The minimum atomic E-state index is -0.360. The molecule has 0 bridgehead atoms. The lowest BCUT2D eigenvalue weighted by Crippen LogP contribution is -2.48. The van der Waals surface area contributed by atoms with Crippen LogP contribution in [0.4, 0.5) is 5.69 Å². The molecule has 30 heavy (non-hydrogen) atoms. The highest BCUT2D eigenvalue weighted by Crippen LogP contribution is 2.31. The summed E-state index contributed by atoms with van der Waals surface area (Å²) in [6.45, 7) is 6.49. The Morgan fingerprint density at radius 1 is 1.07 bits per heavy atom. The predicted molar refractivity (Wildman–Crippen MR) is 114 cm³/mol. The number of carbonyl (C=O) groups excluding carboxylic acids is 3. The van der Waals surface area contributed by atoms with Crippen molar-refractivity contribution >= 4 is 34.3 Å². The number of furan rings is 1. The van der Waals surface area contributed by atoms with Gasteiger partial charge in [-0.1, -0.05) is 12.1 Å². The molecule has 2 aromatic rings. The highest BCUT2D eigenvalue weighted by atomic mass is 16.3. The van der Waals surface area contributed by atoms with Crippen LogP contribution in [0.25, 0.3) is 11.0 Å². The molecule has 1 aromatic heterocycles. The molecular weight excluding hydrogens is 382 g/mol. The molecular formula is C23H29N3O4. The standard InChI is InChI=1S/C23H29N3O4/c1-15(25-13-9-17(10-14-25)23(29)26-11-5-6-12-26)22(28)24-20-18-7-3-4-8-19(18)30-21(20)16(2)27/h3-4,7-8,15,17H,5-6,9-14H2,1-2H3,(H,24,28). The normalized spacial score (nSPS) is 19.2. The number of para-hydroxylation sites is 1. The Kier molecular flexibility index (Phi) is 5.90. The van der Waals surface area contributed by atoms with E-state index >= 15 is 0 Å². The lowest BCUT2D eigenvalue weighted by molar-refractivity contribution is -0.136. The van der Waals surface area contributed by atoms with Crippen LogP contribution in [0.1, 0.15) is 50.1 Å². The number of nitrogens with one attached hydrogen (secondary N) is 1. The fraction of sp³-hybridized carbons (Fsp3) is 0.522. The molecule has 4 rings (SSSR count). The molecule has 0 radical (unpaired) electrons. The first kappa shape index (κ1) is 20.6. The van der Waals surface area contributed by atoms with E-state index in [0.29, 0.717) is 24.4 Å². The molecule has 0 aliphatic carbocycles. The summed E-state index contributed by atoms with van der Waals surface area (Å²) in [5.74, 6) is 0.118. The Balaban J connectivity index is 1.40. The van der Waals surface area contributed by atoms with Crippen LogP contribution in [0.3, 0.4) is 0 Å². The summed E-state index contributed by atoms with van der Waals surface area (Å²) in [7, 11) is 0. The van der Waals surface area contributed by atoms with Gasteiger partial charge >= 0.3 is 0 Å². The number of piperidine rings is 1. The summed E-state index contributed by atoms with van der Waals surface area (Å²) in [5, 5.41) is 3.64. The van der Waals surface area contributed by atoms with Crippen molar-refractivity contribution in [1.82, 2.24) is 9.80 Å². The van der Waals surface area contributed by atoms with Gasteiger partial charge < -0.3 is 14.6 Å². The van der Waals surface area contributed by atoms with E-state index in [4.69, 9.17) is 4.42 Å². The van der Waals surface area contributed by atoms with Crippen molar-refractivity contribution in [3.05, 3.63) is 30.0 Å². The Morgan fingerprint density at radius 3 is 2.40 bits per heavy atom.